The molecule has 17 heavy (non-hydrogen) atoms. The summed E-state index contributed by atoms with van der Waals surface area (Å²) in [6.45, 7) is 2.88. The van der Waals surface area contributed by atoms with Crippen molar-refractivity contribution in [2.45, 2.75) is 44.7 Å². The molecule has 96 valence electrons. The zero-order valence-corrected chi connectivity index (χ0v) is 10.4. The van der Waals surface area contributed by atoms with Crippen molar-refractivity contribution in [1.82, 2.24) is 5.32 Å². The van der Waals surface area contributed by atoms with E-state index in [4.69, 9.17) is 10.5 Å². The summed E-state index contributed by atoms with van der Waals surface area (Å²) in [7, 11) is 0. The van der Waals surface area contributed by atoms with Crippen LogP contribution in [0.25, 0.3) is 0 Å². The minimum atomic E-state index is -0.526. The summed E-state index contributed by atoms with van der Waals surface area (Å²) in [5, 5.41) is 3.22. The lowest BCUT2D eigenvalue weighted by atomic mass is 9.84. The third-order valence-corrected chi connectivity index (χ3v) is 5.09. The number of nitrogens with two attached hydrogens (primary N) is 1. The van der Waals surface area contributed by atoms with E-state index in [9.17, 15) is 4.79 Å². The molecule has 4 nitrogen and oxygen atoms in total. The molecule has 1 amide bonds. The molecule has 3 fully saturated rings. The fourth-order valence-electron chi connectivity index (χ4n) is 3.68. The van der Waals surface area contributed by atoms with E-state index in [0.717, 1.165) is 5.92 Å². The van der Waals surface area contributed by atoms with Crippen molar-refractivity contribution in [3.05, 3.63) is 0 Å². The predicted octanol–water partition coefficient (Wildman–Crippen LogP) is 0.655. The van der Waals surface area contributed by atoms with Crippen LogP contribution in [-0.2, 0) is 9.53 Å². The molecule has 0 radical (unpaired) electrons. The Balaban J connectivity index is 1.64. The van der Waals surface area contributed by atoms with Gasteiger partial charge in [-0.3, -0.25) is 4.79 Å². The number of hydrogen-bond acceptors (Lipinski definition) is 3. The second-order valence-corrected chi connectivity index (χ2v) is 6.29. The summed E-state index contributed by atoms with van der Waals surface area (Å²) >= 11 is 0. The quantitative estimate of drug-likeness (QED) is 0.742. The van der Waals surface area contributed by atoms with Crippen LogP contribution in [0.3, 0.4) is 0 Å². The molecule has 3 N–H and O–H groups in total. The Kier molecular flexibility index (Phi) is 2.67. The Bertz CT molecular complexity index is 333. The van der Waals surface area contributed by atoms with Gasteiger partial charge in [-0.1, -0.05) is 6.42 Å². The van der Waals surface area contributed by atoms with Crippen molar-refractivity contribution >= 4 is 5.91 Å². The molecule has 2 bridgehead atoms. The molecule has 3 rings (SSSR count). The van der Waals surface area contributed by atoms with E-state index in [-0.39, 0.29) is 11.9 Å². The summed E-state index contributed by atoms with van der Waals surface area (Å²) in [4.78, 5) is 12.3. The highest BCUT2D eigenvalue weighted by Crippen LogP contribution is 2.44. The first-order chi connectivity index (χ1) is 8.09. The Hall–Kier alpha value is -0.610. The average molecular weight is 238 g/mol. The molecule has 4 heteroatoms. The molecule has 2 aliphatic carbocycles. The molecule has 5 atom stereocenters. The lowest BCUT2D eigenvalue weighted by Gasteiger charge is -2.30. The van der Waals surface area contributed by atoms with Crippen molar-refractivity contribution in [2.24, 2.45) is 23.0 Å². The zero-order chi connectivity index (χ0) is 12.0. The second kappa shape index (κ2) is 3.95. The first kappa shape index (κ1) is 11.5. The van der Waals surface area contributed by atoms with Crippen LogP contribution in [0.2, 0.25) is 0 Å². The largest absolute Gasteiger partial charge is 0.379 e. The van der Waals surface area contributed by atoms with Crippen LogP contribution in [-0.4, -0.2) is 31.2 Å². The average Bonchev–Trinajstić information content (AvgIpc) is 2.96. The highest BCUT2D eigenvalue weighted by molar-refractivity contribution is 5.84. The van der Waals surface area contributed by atoms with Crippen molar-refractivity contribution in [3.8, 4) is 0 Å². The van der Waals surface area contributed by atoms with E-state index in [1.165, 1.54) is 25.7 Å². The molecule has 0 spiro atoms. The standard InChI is InChI=1S/C13H22N2O2/c1-13(7-17-6-11(13)14)12(16)15-10-5-8-2-3-9(10)4-8/h8-11H,2-7,14H2,1H3,(H,15,16). The third kappa shape index (κ3) is 1.78. The molecule has 2 saturated carbocycles. The number of nitrogens with one attached hydrogen (secondary N) is 1. The molecule has 1 saturated heterocycles. The SMILES string of the molecule is CC1(C(=O)NC2CC3CCC2C3)COCC1N. The van der Waals surface area contributed by atoms with Gasteiger partial charge in [0.15, 0.2) is 0 Å². The molecular formula is C13H22N2O2. The Labute approximate surface area is 102 Å². The van der Waals surface area contributed by atoms with Crippen LogP contribution in [0.15, 0.2) is 0 Å². The molecule has 3 aliphatic rings. The lowest BCUT2D eigenvalue weighted by Crippen LogP contribution is -2.53. The van der Waals surface area contributed by atoms with E-state index >= 15 is 0 Å². The van der Waals surface area contributed by atoms with Crippen LogP contribution in [0.1, 0.15) is 32.6 Å². The van der Waals surface area contributed by atoms with Crippen LogP contribution in [0, 0.1) is 17.3 Å². The molecule has 0 aromatic rings. The molecule has 0 aromatic carbocycles. The number of amides is 1. The number of carbonyl (C=O) groups excluding carboxylic acids is 1. The minimum absolute atomic E-state index is 0.0973. The van der Waals surface area contributed by atoms with Gasteiger partial charge < -0.3 is 15.8 Å². The van der Waals surface area contributed by atoms with Gasteiger partial charge in [-0.2, -0.15) is 0 Å². The van der Waals surface area contributed by atoms with Crippen LogP contribution < -0.4 is 11.1 Å². The van der Waals surface area contributed by atoms with E-state index < -0.39 is 5.41 Å². The highest BCUT2D eigenvalue weighted by Gasteiger charge is 2.47. The van der Waals surface area contributed by atoms with Gasteiger partial charge in [0.2, 0.25) is 5.91 Å². The molecule has 1 aliphatic heterocycles. The van der Waals surface area contributed by atoms with Crippen molar-refractivity contribution in [1.29, 1.82) is 0 Å². The van der Waals surface area contributed by atoms with Crippen LogP contribution in [0.4, 0.5) is 0 Å². The zero-order valence-electron chi connectivity index (χ0n) is 10.4. The number of rotatable bonds is 2. The van der Waals surface area contributed by atoms with Crippen LogP contribution >= 0.6 is 0 Å². The maximum absolute atomic E-state index is 12.3. The summed E-state index contributed by atoms with van der Waals surface area (Å²) in [6.07, 6.45) is 5.12. The summed E-state index contributed by atoms with van der Waals surface area (Å²) < 4.78 is 5.33. The van der Waals surface area contributed by atoms with Gasteiger partial charge in [-0.15, -0.1) is 0 Å². The first-order valence-electron chi connectivity index (χ1n) is 6.74. The summed E-state index contributed by atoms with van der Waals surface area (Å²) in [5.74, 6) is 1.66. The first-order valence-corrected chi connectivity index (χ1v) is 6.74. The number of carbonyl (C=O) groups is 1. The Morgan fingerprint density at radius 3 is 2.76 bits per heavy atom. The van der Waals surface area contributed by atoms with Gasteiger partial charge in [0.05, 0.1) is 18.6 Å². The van der Waals surface area contributed by atoms with Crippen molar-refractivity contribution < 1.29 is 9.53 Å². The number of hydrogen-bond donors (Lipinski definition) is 2. The molecule has 1 heterocycles. The predicted molar refractivity (Wildman–Crippen MR) is 64.3 cm³/mol. The summed E-state index contributed by atoms with van der Waals surface area (Å²) in [5.41, 5.74) is 5.45. The topological polar surface area (TPSA) is 64.3 Å². The maximum Gasteiger partial charge on any atom is 0.230 e. The maximum atomic E-state index is 12.3. The number of fused-ring (bicyclic) bond motifs is 2. The molecular weight excluding hydrogens is 216 g/mol. The molecule has 0 aromatic heterocycles. The summed E-state index contributed by atoms with van der Waals surface area (Å²) in [6, 6.07) is 0.229. The number of ether oxygens (including phenoxy) is 1. The van der Waals surface area contributed by atoms with E-state index in [1.54, 1.807) is 0 Å². The Morgan fingerprint density at radius 2 is 2.24 bits per heavy atom. The van der Waals surface area contributed by atoms with Gasteiger partial charge in [0.25, 0.3) is 0 Å². The van der Waals surface area contributed by atoms with Gasteiger partial charge in [-0.05, 0) is 38.0 Å². The minimum Gasteiger partial charge on any atom is -0.379 e. The van der Waals surface area contributed by atoms with Gasteiger partial charge in [-0.25, -0.2) is 0 Å². The van der Waals surface area contributed by atoms with E-state index in [2.05, 4.69) is 5.32 Å². The fraction of sp³-hybridized carbons (Fsp3) is 0.923. The van der Waals surface area contributed by atoms with E-state index in [0.29, 0.717) is 25.2 Å². The molecule has 5 unspecified atom stereocenters. The van der Waals surface area contributed by atoms with E-state index in [1.807, 2.05) is 6.92 Å². The normalized spacial score (nSPS) is 48.6. The smallest absolute Gasteiger partial charge is 0.230 e. The fourth-order valence-corrected chi connectivity index (χ4v) is 3.68. The third-order valence-electron chi connectivity index (χ3n) is 5.09. The highest BCUT2D eigenvalue weighted by atomic mass is 16.5. The second-order valence-electron chi connectivity index (χ2n) is 6.29. The van der Waals surface area contributed by atoms with Crippen molar-refractivity contribution in [2.75, 3.05) is 13.2 Å². The van der Waals surface area contributed by atoms with Crippen LogP contribution in [0.5, 0.6) is 0 Å². The Morgan fingerprint density at radius 1 is 1.41 bits per heavy atom. The van der Waals surface area contributed by atoms with Gasteiger partial charge in [0, 0.05) is 12.1 Å². The van der Waals surface area contributed by atoms with Gasteiger partial charge in [0.1, 0.15) is 0 Å². The lowest BCUT2D eigenvalue weighted by molar-refractivity contribution is -0.131. The van der Waals surface area contributed by atoms with Gasteiger partial charge >= 0.3 is 0 Å². The van der Waals surface area contributed by atoms with Crippen molar-refractivity contribution in [3.63, 3.8) is 0 Å². The monoisotopic (exact) mass is 238 g/mol.